The Hall–Kier alpha value is -1.82. The molecule has 124 valence electrons. The molecule has 0 unspecified atom stereocenters. The Morgan fingerprint density at radius 2 is 2.22 bits per heavy atom. The van der Waals surface area contributed by atoms with E-state index in [2.05, 4.69) is 30.9 Å². The number of aromatic nitrogens is 4. The number of hydrogen-bond donors (Lipinski definition) is 3. The molecule has 0 radical (unpaired) electrons. The smallest absolute Gasteiger partial charge is 0.302 e. The minimum Gasteiger partial charge on any atom is -0.463 e. The van der Waals surface area contributed by atoms with Crippen molar-refractivity contribution in [2.45, 2.75) is 31.5 Å². The van der Waals surface area contributed by atoms with Gasteiger partial charge >= 0.3 is 5.97 Å². The van der Waals surface area contributed by atoms with Gasteiger partial charge in [-0.2, -0.15) is 0 Å². The van der Waals surface area contributed by atoms with Gasteiger partial charge in [0.05, 0.1) is 0 Å². The summed E-state index contributed by atoms with van der Waals surface area (Å²) in [6.45, 7) is 1.07. The van der Waals surface area contributed by atoms with Crippen LogP contribution in [0.5, 0.6) is 0 Å². The highest BCUT2D eigenvalue weighted by atomic mass is 79.9. The molecule has 10 nitrogen and oxygen atoms in total. The number of carbonyl (C=O) groups excluding carboxylic acids is 1. The largest absolute Gasteiger partial charge is 0.463 e. The first-order valence-electron chi connectivity index (χ1n) is 6.69. The number of aliphatic hydroxyl groups is 2. The Kier molecular flexibility index (Phi) is 4.19. The lowest BCUT2D eigenvalue weighted by atomic mass is 10.1. The number of fused-ring (bicyclic) bond motifs is 1. The normalized spacial score (nSPS) is 27.5. The van der Waals surface area contributed by atoms with E-state index in [9.17, 15) is 15.0 Å². The van der Waals surface area contributed by atoms with Crippen LogP contribution in [-0.4, -0.2) is 60.6 Å². The number of carbonyl (C=O) groups is 1. The zero-order chi connectivity index (χ0) is 16.7. The summed E-state index contributed by atoms with van der Waals surface area (Å²) in [5.41, 5.74) is 6.43. The number of aliphatic hydroxyl groups excluding tert-OH is 2. The van der Waals surface area contributed by atoms with Crippen molar-refractivity contribution < 1.29 is 24.5 Å². The number of anilines is 1. The van der Waals surface area contributed by atoms with Crippen LogP contribution in [-0.2, 0) is 14.3 Å². The molecule has 0 saturated carbocycles. The van der Waals surface area contributed by atoms with Gasteiger partial charge < -0.3 is 25.4 Å². The number of halogens is 1. The molecule has 0 aromatic carbocycles. The minimum atomic E-state index is -1.26. The quantitative estimate of drug-likeness (QED) is 0.461. The van der Waals surface area contributed by atoms with Gasteiger partial charge in [-0.1, -0.05) is 0 Å². The highest BCUT2D eigenvalue weighted by molar-refractivity contribution is 9.10. The molecule has 1 saturated heterocycles. The van der Waals surface area contributed by atoms with Gasteiger partial charge in [0.15, 0.2) is 27.9 Å². The number of nitrogen functional groups attached to an aromatic ring is 1. The lowest BCUT2D eigenvalue weighted by Gasteiger charge is -2.17. The molecule has 23 heavy (non-hydrogen) atoms. The van der Waals surface area contributed by atoms with Crippen LogP contribution in [0.1, 0.15) is 13.2 Å². The van der Waals surface area contributed by atoms with Crippen LogP contribution in [0.4, 0.5) is 5.82 Å². The van der Waals surface area contributed by atoms with Gasteiger partial charge in [-0.05, 0) is 15.9 Å². The minimum absolute atomic E-state index is 0.175. The molecule has 1 aliphatic heterocycles. The monoisotopic (exact) mass is 387 g/mol. The molecule has 3 rings (SSSR count). The van der Waals surface area contributed by atoms with Crippen LogP contribution in [0.15, 0.2) is 11.1 Å². The Morgan fingerprint density at radius 3 is 2.91 bits per heavy atom. The number of nitrogens with zero attached hydrogens (tertiary/aromatic N) is 4. The van der Waals surface area contributed by atoms with E-state index in [1.807, 2.05) is 0 Å². The molecule has 1 aliphatic rings. The van der Waals surface area contributed by atoms with Gasteiger partial charge in [0.1, 0.15) is 31.2 Å². The molecule has 4 N–H and O–H groups in total. The fraction of sp³-hybridized carbons (Fsp3) is 0.500. The molecular formula is C12H14BrN5O5. The summed E-state index contributed by atoms with van der Waals surface area (Å²) >= 11 is 3.25. The number of esters is 1. The number of imidazole rings is 1. The molecule has 11 heteroatoms. The summed E-state index contributed by atoms with van der Waals surface area (Å²) in [6, 6.07) is 0. The maximum Gasteiger partial charge on any atom is 0.302 e. The highest BCUT2D eigenvalue weighted by Crippen LogP contribution is 2.35. The van der Waals surface area contributed by atoms with E-state index in [1.165, 1.54) is 17.8 Å². The van der Waals surface area contributed by atoms with Gasteiger partial charge in [0.2, 0.25) is 0 Å². The van der Waals surface area contributed by atoms with Crippen molar-refractivity contribution in [2.75, 3.05) is 12.3 Å². The van der Waals surface area contributed by atoms with E-state index in [1.54, 1.807) is 0 Å². The van der Waals surface area contributed by atoms with Crippen molar-refractivity contribution in [2.24, 2.45) is 0 Å². The maximum absolute atomic E-state index is 10.9. The van der Waals surface area contributed by atoms with E-state index < -0.39 is 30.5 Å². The topological polar surface area (TPSA) is 146 Å². The predicted octanol–water partition coefficient (Wildman–Crippen LogP) is -0.647. The van der Waals surface area contributed by atoms with Gasteiger partial charge in [0.25, 0.3) is 0 Å². The van der Waals surface area contributed by atoms with E-state index in [-0.39, 0.29) is 12.4 Å². The molecule has 3 heterocycles. The summed E-state index contributed by atoms with van der Waals surface area (Å²) in [7, 11) is 0. The van der Waals surface area contributed by atoms with Crippen molar-refractivity contribution in [1.82, 2.24) is 19.5 Å². The average Bonchev–Trinajstić information content (AvgIpc) is 2.96. The van der Waals surface area contributed by atoms with Gasteiger partial charge in [-0.3, -0.25) is 9.36 Å². The number of ether oxygens (including phenoxy) is 2. The highest BCUT2D eigenvalue weighted by Gasteiger charge is 2.45. The Balaban J connectivity index is 1.94. The second-order valence-electron chi connectivity index (χ2n) is 5.03. The van der Waals surface area contributed by atoms with Crippen molar-refractivity contribution in [1.29, 1.82) is 0 Å². The first-order chi connectivity index (χ1) is 10.9. The molecular weight excluding hydrogens is 374 g/mol. The third kappa shape index (κ3) is 2.76. The zero-order valence-corrected chi connectivity index (χ0v) is 13.5. The third-order valence-electron chi connectivity index (χ3n) is 3.50. The zero-order valence-electron chi connectivity index (χ0n) is 12.0. The first kappa shape index (κ1) is 16.1. The van der Waals surface area contributed by atoms with E-state index >= 15 is 0 Å². The summed E-state index contributed by atoms with van der Waals surface area (Å²) in [6.07, 6.45) is -3.08. The van der Waals surface area contributed by atoms with Crippen molar-refractivity contribution in [3.05, 3.63) is 11.1 Å². The second kappa shape index (κ2) is 6.00. The van der Waals surface area contributed by atoms with Crippen molar-refractivity contribution in [3.63, 3.8) is 0 Å². The maximum atomic E-state index is 10.9. The number of rotatable bonds is 3. The van der Waals surface area contributed by atoms with Crippen molar-refractivity contribution >= 4 is 38.9 Å². The average molecular weight is 388 g/mol. The lowest BCUT2D eigenvalue weighted by molar-refractivity contribution is -0.147. The SMILES string of the molecule is CC(=O)OC[C@H]1O[C@@H](n2c(Br)nc3c(N)ncnc32)[C@@H](O)[C@H]1O. The summed E-state index contributed by atoms with van der Waals surface area (Å²) in [5.74, 6) is -0.326. The van der Waals surface area contributed by atoms with E-state index in [0.29, 0.717) is 15.9 Å². The fourth-order valence-electron chi connectivity index (χ4n) is 2.40. The molecule has 2 aromatic heterocycles. The fourth-order valence-corrected chi connectivity index (χ4v) is 2.95. The second-order valence-corrected chi connectivity index (χ2v) is 5.74. The molecule has 2 aromatic rings. The third-order valence-corrected chi connectivity index (χ3v) is 4.06. The van der Waals surface area contributed by atoms with Crippen LogP contribution in [0.25, 0.3) is 11.2 Å². The molecule has 0 amide bonds. The van der Waals surface area contributed by atoms with Crippen LogP contribution < -0.4 is 5.73 Å². The van der Waals surface area contributed by atoms with Gasteiger partial charge in [0, 0.05) is 6.92 Å². The van der Waals surface area contributed by atoms with E-state index in [0.717, 1.165) is 0 Å². The molecule has 4 atom stereocenters. The van der Waals surface area contributed by atoms with Crippen molar-refractivity contribution in [3.8, 4) is 0 Å². The first-order valence-corrected chi connectivity index (χ1v) is 7.48. The Morgan fingerprint density at radius 1 is 1.48 bits per heavy atom. The lowest BCUT2D eigenvalue weighted by Crippen LogP contribution is -2.34. The summed E-state index contributed by atoms with van der Waals surface area (Å²) in [4.78, 5) is 23.0. The van der Waals surface area contributed by atoms with Crippen LogP contribution in [0.3, 0.4) is 0 Å². The van der Waals surface area contributed by atoms with Gasteiger partial charge in [-0.15, -0.1) is 0 Å². The van der Waals surface area contributed by atoms with Gasteiger partial charge in [-0.25, -0.2) is 15.0 Å². The van der Waals surface area contributed by atoms with E-state index in [4.69, 9.17) is 15.2 Å². The molecule has 0 aliphatic carbocycles. The van der Waals surface area contributed by atoms with Crippen LogP contribution in [0.2, 0.25) is 0 Å². The van der Waals surface area contributed by atoms with Crippen LogP contribution >= 0.6 is 15.9 Å². The number of hydrogen-bond acceptors (Lipinski definition) is 9. The Labute approximate surface area is 138 Å². The Bertz CT molecular complexity index is 753. The number of nitrogens with two attached hydrogens (primary N) is 1. The standard InChI is InChI=1S/C12H14BrN5O5/c1-4(19)22-2-5-7(20)8(21)11(23-5)18-10-6(17-12(18)13)9(14)15-3-16-10/h3,5,7-8,11,20-21H,2H2,1H3,(H2,14,15,16)/t5-,7+,8+,11-/m1/s1. The summed E-state index contributed by atoms with van der Waals surface area (Å²) < 4.78 is 12.2. The predicted molar refractivity (Wildman–Crippen MR) is 80.0 cm³/mol. The molecule has 0 spiro atoms. The summed E-state index contributed by atoms with van der Waals surface area (Å²) in [5, 5.41) is 20.3. The molecule has 1 fully saturated rings. The van der Waals surface area contributed by atoms with Crippen LogP contribution in [0, 0.1) is 0 Å². The molecule has 0 bridgehead atoms.